The monoisotopic (exact) mass is 330 g/mol. The zero-order chi connectivity index (χ0) is 17.6. The van der Waals surface area contributed by atoms with E-state index in [-0.39, 0.29) is 19.0 Å². The van der Waals surface area contributed by atoms with Crippen LogP contribution >= 0.6 is 0 Å². The molecule has 3 amide bonds. The Morgan fingerprint density at radius 3 is 2.50 bits per heavy atom. The average molecular weight is 330 g/mol. The number of carbonyl (C=O) groups excluding carboxylic acids is 2. The van der Waals surface area contributed by atoms with Gasteiger partial charge >= 0.3 is 6.03 Å². The van der Waals surface area contributed by atoms with Gasteiger partial charge in [-0.15, -0.1) is 0 Å². The number of urea groups is 1. The molecule has 1 saturated heterocycles. The van der Waals surface area contributed by atoms with Crippen molar-refractivity contribution in [2.75, 3.05) is 6.54 Å². The van der Waals surface area contributed by atoms with Crippen molar-refractivity contribution in [1.29, 1.82) is 0 Å². The summed E-state index contributed by atoms with van der Waals surface area (Å²) in [5.74, 6) is -0.325. The maximum absolute atomic E-state index is 12.2. The highest BCUT2D eigenvalue weighted by molar-refractivity contribution is 6.06. The van der Waals surface area contributed by atoms with Crippen molar-refractivity contribution in [2.24, 2.45) is 0 Å². The van der Waals surface area contributed by atoms with Crippen LogP contribution in [0.5, 0.6) is 0 Å². The molecule has 0 radical (unpaired) electrons. The molecular formula is C17H22N4O3. The molecule has 3 rings (SSSR count). The molecule has 1 aliphatic rings. The first-order chi connectivity index (χ1) is 11.2. The third-order valence-electron chi connectivity index (χ3n) is 4.48. The second kappa shape index (κ2) is 5.59. The first-order valence-corrected chi connectivity index (χ1v) is 7.93. The average Bonchev–Trinajstić information content (AvgIpc) is 2.93. The molecule has 1 aromatic carbocycles. The second-order valence-corrected chi connectivity index (χ2v) is 6.95. The third-order valence-corrected chi connectivity index (χ3v) is 4.48. The van der Waals surface area contributed by atoms with E-state index < -0.39 is 17.7 Å². The van der Waals surface area contributed by atoms with Crippen LogP contribution in [0.1, 0.15) is 25.0 Å². The predicted octanol–water partition coefficient (Wildman–Crippen LogP) is 1.34. The van der Waals surface area contributed by atoms with E-state index in [1.165, 1.54) is 0 Å². The molecule has 1 aliphatic heterocycles. The van der Waals surface area contributed by atoms with Crippen LogP contribution in [0.15, 0.2) is 18.5 Å². The number of imide groups is 1. The highest BCUT2D eigenvalue weighted by atomic mass is 16.3. The first kappa shape index (κ1) is 16.4. The highest BCUT2D eigenvalue weighted by Gasteiger charge is 2.44. The van der Waals surface area contributed by atoms with Gasteiger partial charge in [-0.25, -0.2) is 9.78 Å². The number of hydrogen-bond acceptors (Lipinski definition) is 4. The minimum Gasteiger partial charge on any atom is -0.389 e. The molecular weight excluding hydrogens is 308 g/mol. The minimum atomic E-state index is -0.923. The van der Waals surface area contributed by atoms with E-state index in [0.717, 1.165) is 27.1 Å². The minimum absolute atomic E-state index is 0.0430. The molecule has 0 bridgehead atoms. The van der Waals surface area contributed by atoms with E-state index in [2.05, 4.69) is 10.3 Å². The second-order valence-electron chi connectivity index (χ2n) is 6.95. The maximum atomic E-state index is 12.2. The van der Waals surface area contributed by atoms with Crippen LogP contribution in [-0.4, -0.2) is 49.7 Å². The van der Waals surface area contributed by atoms with Crippen molar-refractivity contribution in [3.63, 3.8) is 0 Å². The van der Waals surface area contributed by atoms with E-state index in [4.69, 9.17) is 0 Å². The Balaban J connectivity index is 1.76. The SMILES string of the molecule is Cc1cc2ncn(C[C@H](O)CN3C(=O)NC(C)(C)C3=O)c2cc1C. The molecule has 2 heterocycles. The molecule has 0 unspecified atom stereocenters. The molecule has 0 spiro atoms. The van der Waals surface area contributed by atoms with E-state index in [1.807, 2.05) is 30.5 Å². The van der Waals surface area contributed by atoms with Crippen molar-refractivity contribution < 1.29 is 14.7 Å². The van der Waals surface area contributed by atoms with E-state index in [1.54, 1.807) is 20.2 Å². The van der Waals surface area contributed by atoms with E-state index >= 15 is 0 Å². The van der Waals surface area contributed by atoms with Crippen LogP contribution < -0.4 is 5.32 Å². The lowest BCUT2D eigenvalue weighted by Crippen LogP contribution is -2.42. The van der Waals surface area contributed by atoms with Crippen LogP contribution in [-0.2, 0) is 11.3 Å². The highest BCUT2D eigenvalue weighted by Crippen LogP contribution is 2.20. The van der Waals surface area contributed by atoms with Crippen molar-refractivity contribution in [3.05, 3.63) is 29.6 Å². The number of benzene rings is 1. The fourth-order valence-electron chi connectivity index (χ4n) is 2.94. The summed E-state index contributed by atoms with van der Waals surface area (Å²) in [6.07, 6.45) is 0.801. The van der Waals surface area contributed by atoms with Gasteiger partial charge in [0.25, 0.3) is 5.91 Å². The van der Waals surface area contributed by atoms with Gasteiger partial charge in [0.05, 0.1) is 36.6 Å². The summed E-state index contributed by atoms with van der Waals surface area (Å²) in [4.78, 5) is 29.5. The topological polar surface area (TPSA) is 87.5 Å². The van der Waals surface area contributed by atoms with Gasteiger partial charge in [0.2, 0.25) is 0 Å². The van der Waals surface area contributed by atoms with Gasteiger partial charge in [0.15, 0.2) is 0 Å². The number of β-amino-alcohol motifs (C(OH)–C–C–N with tert-alkyl or cyclic N) is 1. The Labute approximate surface area is 140 Å². The summed E-state index contributed by atoms with van der Waals surface area (Å²) >= 11 is 0. The Bertz CT molecular complexity index is 825. The standard InChI is InChI=1S/C17H22N4O3/c1-10-5-13-14(6-11(10)2)20(9-18-13)7-12(22)8-21-15(23)17(3,4)19-16(21)24/h5-6,9,12,22H,7-8H2,1-4H3,(H,19,24)/t12-/m0/s1. The number of aliphatic hydroxyl groups is 1. The third kappa shape index (κ3) is 2.75. The molecule has 7 nitrogen and oxygen atoms in total. The Morgan fingerprint density at radius 1 is 1.21 bits per heavy atom. The zero-order valence-electron chi connectivity index (χ0n) is 14.3. The Morgan fingerprint density at radius 2 is 1.88 bits per heavy atom. The molecule has 24 heavy (non-hydrogen) atoms. The number of rotatable bonds is 4. The fraction of sp³-hybridized carbons (Fsp3) is 0.471. The number of aryl methyl sites for hydroxylation is 2. The fourth-order valence-corrected chi connectivity index (χ4v) is 2.94. The summed E-state index contributed by atoms with van der Waals surface area (Å²) in [5, 5.41) is 13.0. The van der Waals surface area contributed by atoms with Crippen LogP contribution in [0, 0.1) is 13.8 Å². The van der Waals surface area contributed by atoms with Gasteiger partial charge in [0, 0.05) is 0 Å². The Hall–Kier alpha value is -2.41. The van der Waals surface area contributed by atoms with Crippen LogP contribution in [0.3, 0.4) is 0 Å². The van der Waals surface area contributed by atoms with Gasteiger partial charge in [0.1, 0.15) is 5.54 Å². The summed E-state index contributed by atoms with van der Waals surface area (Å²) in [6, 6.07) is 3.57. The number of carbonyl (C=O) groups is 2. The van der Waals surface area contributed by atoms with Crippen LogP contribution in [0.2, 0.25) is 0 Å². The number of nitrogens with zero attached hydrogens (tertiary/aromatic N) is 3. The molecule has 0 saturated carbocycles. The molecule has 2 N–H and O–H groups in total. The molecule has 1 atom stereocenters. The molecule has 2 aromatic rings. The van der Waals surface area contributed by atoms with Gasteiger partial charge < -0.3 is 15.0 Å². The molecule has 7 heteroatoms. The lowest BCUT2D eigenvalue weighted by Gasteiger charge is -2.19. The van der Waals surface area contributed by atoms with Gasteiger partial charge in [-0.1, -0.05) is 0 Å². The smallest absolute Gasteiger partial charge is 0.325 e. The van der Waals surface area contributed by atoms with Crippen molar-refractivity contribution in [1.82, 2.24) is 19.8 Å². The molecule has 1 fully saturated rings. The number of hydrogen-bond donors (Lipinski definition) is 2. The number of aromatic nitrogens is 2. The van der Waals surface area contributed by atoms with Gasteiger partial charge in [-0.3, -0.25) is 9.69 Å². The first-order valence-electron chi connectivity index (χ1n) is 7.93. The normalized spacial score (nSPS) is 18.3. The molecule has 128 valence electrons. The van der Waals surface area contributed by atoms with Gasteiger partial charge in [-0.2, -0.15) is 0 Å². The van der Waals surface area contributed by atoms with E-state index in [0.29, 0.717) is 0 Å². The van der Waals surface area contributed by atoms with Crippen molar-refractivity contribution in [2.45, 2.75) is 45.9 Å². The summed E-state index contributed by atoms with van der Waals surface area (Å²) < 4.78 is 1.84. The van der Waals surface area contributed by atoms with Gasteiger partial charge in [-0.05, 0) is 51.0 Å². The largest absolute Gasteiger partial charge is 0.389 e. The van der Waals surface area contributed by atoms with E-state index in [9.17, 15) is 14.7 Å². The number of nitrogens with one attached hydrogen (secondary N) is 1. The van der Waals surface area contributed by atoms with Crippen molar-refractivity contribution >= 4 is 23.0 Å². The number of amides is 3. The lowest BCUT2D eigenvalue weighted by atomic mass is 10.1. The Kier molecular flexibility index (Phi) is 3.83. The van der Waals surface area contributed by atoms with Crippen LogP contribution in [0.25, 0.3) is 11.0 Å². The molecule has 1 aromatic heterocycles. The zero-order valence-corrected chi connectivity index (χ0v) is 14.3. The number of fused-ring (bicyclic) bond motifs is 1. The number of imidazole rings is 1. The lowest BCUT2D eigenvalue weighted by molar-refractivity contribution is -0.131. The molecule has 0 aliphatic carbocycles. The number of aliphatic hydroxyl groups excluding tert-OH is 1. The van der Waals surface area contributed by atoms with Crippen LogP contribution in [0.4, 0.5) is 4.79 Å². The van der Waals surface area contributed by atoms with Crippen molar-refractivity contribution in [3.8, 4) is 0 Å². The summed E-state index contributed by atoms with van der Waals surface area (Å²) in [7, 11) is 0. The maximum Gasteiger partial charge on any atom is 0.325 e. The quantitative estimate of drug-likeness (QED) is 0.828. The predicted molar refractivity (Wildman–Crippen MR) is 89.5 cm³/mol. The summed E-state index contributed by atoms with van der Waals surface area (Å²) in [5.41, 5.74) is 3.17. The summed E-state index contributed by atoms with van der Waals surface area (Å²) in [6.45, 7) is 7.57.